The van der Waals surface area contributed by atoms with Gasteiger partial charge in [0.1, 0.15) is 5.82 Å². The van der Waals surface area contributed by atoms with Crippen LogP contribution in [0.15, 0.2) is 58.3 Å². The zero-order chi connectivity index (χ0) is 15.9. The lowest BCUT2D eigenvalue weighted by Gasteiger charge is -2.07. The Labute approximate surface area is 137 Å². The van der Waals surface area contributed by atoms with Crippen LogP contribution in [-0.4, -0.2) is 12.6 Å². The van der Waals surface area contributed by atoms with Crippen molar-refractivity contribution in [3.05, 3.63) is 64.9 Å². The molecule has 0 N–H and O–H groups in total. The van der Waals surface area contributed by atoms with Crippen molar-refractivity contribution < 1.29 is 13.9 Å². The fraction of sp³-hybridized carbons (Fsp3) is 0.118. The Kier molecular flexibility index (Phi) is 6.04. The van der Waals surface area contributed by atoms with Crippen LogP contribution in [0.2, 0.25) is 5.02 Å². The normalized spacial score (nSPS) is 10.9. The highest BCUT2D eigenvalue weighted by Gasteiger charge is 2.09. The van der Waals surface area contributed by atoms with Gasteiger partial charge in [0.2, 0.25) is 0 Å². The van der Waals surface area contributed by atoms with Gasteiger partial charge < -0.3 is 4.74 Å². The minimum Gasteiger partial charge on any atom is -0.463 e. The number of hydrogen-bond acceptors (Lipinski definition) is 3. The van der Waals surface area contributed by atoms with Crippen LogP contribution in [0.3, 0.4) is 0 Å². The van der Waals surface area contributed by atoms with E-state index in [-0.39, 0.29) is 5.82 Å². The van der Waals surface area contributed by atoms with Crippen LogP contribution < -0.4 is 0 Å². The molecule has 2 rings (SSSR count). The van der Waals surface area contributed by atoms with E-state index >= 15 is 0 Å². The summed E-state index contributed by atoms with van der Waals surface area (Å²) in [6.45, 7) is 2.04. The Bertz CT molecular complexity index is 684. The lowest BCUT2D eigenvalue weighted by molar-refractivity contribution is -0.137. The standard InChI is InChI=1S/C17H14ClFO2S/c1-2-21-16(20)11-6-12-4-3-5-15(19)17(12)22-14-9-7-13(18)8-10-14/h3-11H,2H2,1H3. The van der Waals surface area contributed by atoms with Gasteiger partial charge in [-0.05, 0) is 48.9 Å². The van der Waals surface area contributed by atoms with Gasteiger partial charge in [-0.1, -0.05) is 35.5 Å². The van der Waals surface area contributed by atoms with E-state index in [1.54, 1.807) is 37.3 Å². The molecule has 0 radical (unpaired) electrons. The fourth-order valence-electron chi connectivity index (χ4n) is 1.73. The number of halogens is 2. The molecular weight excluding hydrogens is 323 g/mol. The van der Waals surface area contributed by atoms with Gasteiger partial charge in [-0.15, -0.1) is 0 Å². The van der Waals surface area contributed by atoms with Crippen molar-refractivity contribution in [1.29, 1.82) is 0 Å². The second-order valence-corrected chi connectivity index (χ2v) is 5.82. The van der Waals surface area contributed by atoms with Crippen molar-refractivity contribution in [2.24, 2.45) is 0 Å². The van der Waals surface area contributed by atoms with Gasteiger partial charge in [-0.25, -0.2) is 9.18 Å². The largest absolute Gasteiger partial charge is 0.463 e. The van der Waals surface area contributed by atoms with E-state index in [1.807, 2.05) is 12.1 Å². The molecule has 0 spiro atoms. The molecule has 2 aromatic rings. The van der Waals surface area contributed by atoms with E-state index < -0.39 is 5.97 Å². The molecule has 0 unspecified atom stereocenters. The lowest BCUT2D eigenvalue weighted by atomic mass is 10.2. The highest BCUT2D eigenvalue weighted by molar-refractivity contribution is 7.99. The molecule has 0 bridgehead atoms. The van der Waals surface area contributed by atoms with Gasteiger partial charge in [0, 0.05) is 16.0 Å². The highest BCUT2D eigenvalue weighted by Crippen LogP contribution is 2.33. The van der Waals surface area contributed by atoms with Crippen molar-refractivity contribution >= 4 is 35.4 Å². The molecule has 0 aliphatic carbocycles. The Hall–Kier alpha value is -1.78. The third-order valence-electron chi connectivity index (χ3n) is 2.72. The van der Waals surface area contributed by atoms with Gasteiger partial charge in [0.25, 0.3) is 0 Å². The number of rotatable bonds is 5. The quantitative estimate of drug-likeness (QED) is 0.554. The summed E-state index contributed by atoms with van der Waals surface area (Å²) in [5.74, 6) is -0.792. The zero-order valence-corrected chi connectivity index (χ0v) is 13.5. The summed E-state index contributed by atoms with van der Waals surface area (Å²) in [6.07, 6.45) is 2.85. The summed E-state index contributed by atoms with van der Waals surface area (Å²) in [4.78, 5) is 12.7. The van der Waals surface area contributed by atoms with Gasteiger partial charge >= 0.3 is 5.97 Å². The minimum atomic E-state index is -0.450. The van der Waals surface area contributed by atoms with Crippen LogP contribution in [0.4, 0.5) is 4.39 Å². The summed E-state index contributed by atoms with van der Waals surface area (Å²) >= 11 is 7.12. The molecule has 0 amide bonds. The van der Waals surface area contributed by atoms with E-state index in [1.165, 1.54) is 23.9 Å². The molecule has 5 heteroatoms. The Morgan fingerprint density at radius 2 is 2.00 bits per heavy atom. The number of carbonyl (C=O) groups is 1. The van der Waals surface area contributed by atoms with Gasteiger partial charge in [-0.3, -0.25) is 0 Å². The second kappa shape index (κ2) is 8.01. The van der Waals surface area contributed by atoms with Gasteiger partial charge in [0.05, 0.1) is 11.5 Å². The maximum Gasteiger partial charge on any atom is 0.330 e. The fourth-order valence-corrected chi connectivity index (χ4v) is 2.79. The van der Waals surface area contributed by atoms with E-state index in [0.29, 0.717) is 22.1 Å². The third-order valence-corrected chi connectivity index (χ3v) is 4.11. The van der Waals surface area contributed by atoms with Crippen molar-refractivity contribution in [3.8, 4) is 0 Å². The molecule has 0 aromatic heterocycles. The Morgan fingerprint density at radius 3 is 2.68 bits per heavy atom. The van der Waals surface area contributed by atoms with E-state index in [9.17, 15) is 9.18 Å². The number of hydrogen-bond donors (Lipinski definition) is 0. The molecule has 0 saturated heterocycles. The van der Waals surface area contributed by atoms with Crippen molar-refractivity contribution in [1.82, 2.24) is 0 Å². The smallest absolute Gasteiger partial charge is 0.330 e. The molecule has 0 heterocycles. The second-order valence-electron chi connectivity index (χ2n) is 4.30. The lowest BCUT2D eigenvalue weighted by Crippen LogP contribution is -1.98. The van der Waals surface area contributed by atoms with Crippen molar-refractivity contribution in [2.75, 3.05) is 6.61 Å². The molecule has 22 heavy (non-hydrogen) atoms. The first-order chi connectivity index (χ1) is 10.6. The number of ether oxygens (including phenoxy) is 1. The van der Waals surface area contributed by atoms with Crippen LogP contribution in [0, 0.1) is 5.82 Å². The molecular formula is C17H14ClFO2S. The van der Waals surface area contributed by atoms with Gasteiger partial charge in [0.15, 0.2) is 0 Å². The first kappa shape index (κ1) is 16.6. The van der Waals surface area contributed by atoms with E-state index in [2.05, 4.69) is 0 Å². The van der Waals surface area contributed by atoms with E-state index in [4.69, 9.17) is 16.3 Å². The molecule has 114 valence electrons. The maximum atomic E-state index is 14.1. The van der Waals surface area contributed by atoms with Crippen LogP contribution in [0.1, 0.15) is 12.5 Å². The summed E-state index contributed by atoms with van der Waals surface area (Å²) in [7, 11) is 0. The number of esters is 1. The Morgan fingerprint density at radius 1 is 1.27 bits per heavy atom. The van der Waals surface area contributed by atoms with Crippen LogP contribution in [-0.2, 0) is 9.53 Å². The van der Waals surface area contributed by atoms with Crippen LogP contribution >= 0.6 is 23.4 Å². The summed E-state index contributed by atoms with van der Waals surface area (Å²) in [5.41, 5.74) is 0.619. The monoisotopic (exact) mass is 336 g/mol. The first-order valence-electron chi connectivity index (χ1n) is 6.67. The molecule has 0 atom stereocenters. The topological polar surface area (TPSA) is 26.3 Å². The summed E-state index contributed by atoms with van der Waals surface area (Å²) in [5, 5.41) is 0.625. The van der Waals surface area contributed by atoms with E-state index in [0.717, 1.165) is 4.90 Å². The molecule has 0 fully saturated rings. The third kappa shape index (κ3) is 4.61. The molecule has 0 aliphatic heterocycles. The summed E-state index contributed by atoms with van der Waals surface area (Å²) < 4.78 is 18.9. The molecule has 2 aromatic carbocycles. The maximum absolute atomic E-state index is 14.1. The number of carbonyl (C=O) groups excluding carboxylic acids is 1. The highest BCUT2D eigenvalue weighted by atomic mass is 35.5. The zero-order valence-electron chi connectivity index (χ0n) is 11.9. The average Bonchev–Trinajstić information content (AvgIpc) is 2.50. The van der Waals surface area contributed by atoms with Crippen LogP contribution in [0.5, 0.6) is 0 Å². The SMILES string of the molecule is CCOC(=O)C=Cc1cccc(F)c1Sc1ccc(Cl)cc1. The first-order valence-corrected chi connectivity index (χ1v) is 7.86. The predicted octanol–water partition coefficient (Wildman–Crippen LogP) is 5.21. The average molecular weight is 337 g/mol. The van der Waals surface area contributed by atoms with Crippen LogP contribution in [0.25, 0.3) is 6.08 Å². The Balaban J connectivity index is 2.26. The molecule has 2 nitrogen and oxygen atoms in total. The number of benzene rings is 2. The minimum absolute atomic E-state index is 0.304. The molecule has 0 saturated carbocycles. The van der Waals surface area contributed by atoms with Gasteiger partial charge in [-0.2, -0.15) is 0 Å². The summed E-state index contributed by atoms with van der Waals surface area (Å²) in [6, 6.07) is 11.9. The van der Waals surface area contributed by atoms with Crippen molar-refractivity contribution in [2.45, 2.75) is 16.7 Å². The predicted molar refractivity (Wildman–Crippen MR) is 87.6 cm³/mol. The van der Waals surface area contributed by atoms with Crippen molar-refractivity contribution in [3.63, 3.8) is 0 Å². The molecule has 0 aliphatic rings.